The summed E-state index contributed by atoms with van der Waals surface area (Å²) in [5, 5.41) is 8.25. The Balaban J connectivity index is 1.74. The van der Waals surface area contributed by atoms with Crippen LogP contribution in [0.25, 0.3) is 5.69 Å². The SMILES string of the molecule is Cc1cc(C)n(CC(=O)NNC(=O)C(=O)c2c(C)nn(-c3cccc(C(F)(F)F)c3)c2C)n1. The first-order valence-corrected chi connectivity index (χ1v) is 9.77. The molecule has 0 fully saturated rings. The van der Waals surface area contributed by atoms with Crippen molar-refractivity contribution < 1.29 is 27.6 Å². The van der Waals surface area contributed by atoms with E-state index in [1.807, 2.05) is 5.43 Å². The standard InChI is InChI=1S/C21H21F3N6O3/c1-11-8-12(2)29(27-11)10-17(31)25-26-20(33)19(32)18-13(3)28-30(14(18)4)16-7-5-6-15(9-16)21(22,23)24/h5-9H,10H2,1-4H3,(H,25,31)(H,26,33). The van der Waals surface area contributed by atoms with Gasteiger partial charge in [0.15, 0.2) is 0 Å². The number of aromatic nitrogens is 4. The molecule has 0 aliphatic carbocycles. The van der Waals surface area contributed by atoms with Gasteiger partial charge in [0, 0.05) is 5.69 Å². The number of carbonyl (C=O) groups is 3. The summed E-state index contributed by atoms with van der Waals surface area (Å²) in [6.07, 6.45) is -4.55. The highest BCUT2D eigenvalue weighted by molar-refractivity contribution is 6.43. The van der Waals surface area contributed by atoms with E-state index >= 15 is 0 Å². The van der Waals surface area contributed by atoms with Crippen LogP contribution < -0.4 is 10.9 Å². The fraction of sp³-hybridized carbons (Fsp3) is 0.286. The number of ketones is 1. The topological polar surface area (TPSA) is 111 Å². The zero-order chi connectivity index (χ0) is 24.5. The quantitative estimate of drug-likeness (QED) is 0.344. The van der Waals surface area contributed by atoms with Gasteiger partial charge in [0.2, 0.25) is 0 Å². The predicted molar refractivity (Wildman–Crippen MR) is 110 cm³/mol. The average molecular weight is 462 g/mol. The number of nitrogens with zero attached hydrogens (tertiary/aromatic N) is 4. The summed E-state index contributed by atoms with van der Waals surface area (Å²) in [5.41, 5.74) is 5.14. The third-order valence-corrected chi connectivity index (χ3v) is 4.85. The summed E-state index contributed by atoms with van der Waals surface area (Å²) in [5.74, 6) is -2.71. The highest BCUT2D eigenvalue weighted by Gasteiger charge is 2.31. The molecule has 0 spiro atoms. The lowest BCUT2D eigenvalue weighted by molar-refractivity contribution is -0.137. The predicted octanol–water partition coefficient (Wildman–Crippen LogP) is 2.35. The summed E-state index contributed by atoms with van der Waals surface area (Å²) in [6.45, 7) is 6.29. The van der Waals surface area contributed by atoms with E-state index in [4.69, 9.17) is 0 Å². The third-order valence-electron chi connectivity index (χ3n) is 4.85. The first-order chi connectivity index (χ1) is 15.4. The molecule has 0 saturated carbocycles. The molecule has 33 heavy (non-hydrogen) atoms. The number of aryl methyl sites for hydroxylation is 3. The number of amides is 2. The third kappa shape index (κ3) is 5.10. The molecule has 0 aliphatic heterocycles. The smallest absolute Gasteiger partial charge is 0.283 e. The number of Topliss-reactive ketones (excluding diaryl/α,β-unsaturated/α-hetero) is 1. The second-order valence-electron chi connectivity index (χ2n) is 7.42. The van der Waals surface area contributed by atoms with E-state index in [1.165, 1.54) is 30.7 Å². The molecule has 0 saturated heterocycles. The fourth-order valence-corrected chi connectivity index (χ4v) is 3.34. The van der Waals surface area contributed by atoms with E-state index in [0.717, 1.165) is 28.2 Å². The molecule has 3 rings (SSSR count). The first kappa shape index (κ1) is 23.7. The van der Waals surface area contributed by atoms with Crippen molar-refractivity contribution in [2.24, 2.45) is 0 Å². The number of carbonyl (C=O) groups excluding carboxylic acids is 3. The van der Waals surface area contributed by atoms with E-state index in [2.05, 4.69) is 15.6 Å². The molecule has 2 N–H and O–H groups in total. The van der Waals surface area contributed by atoms with Gasteiger partial charge in [-0.2, -0.15) is 23.4 Å². The minimum atomic E-state index is -4.55. The van der Waals surface area contributed by atoms with Gasteiger partial charge in [0.25, 0.3) is 11.7 Å². The van der Waals surface area contributed by atoms with Gasteiger partial charge in [0.05, 0.1) is 33.9 Å². The number of hydrazine groups is 1. The number of rotatable bonds is 5. The first-order valence-electron chi connectivity index (χ1n) is 9.77. The number of halogens is 3. The normalized spacial score (nSPS) is 11.4. The van der Waals surface area contributed by atoms with E-state index in [-0.39, 0.29) is 29.2 Å². The van der Waals surface area contributed by atoms with Crippen LogP contribution in [-0.4, -0.2) is 37.2 Å². The summed E-state index contributed by atoms with van der Waals surface area (Å²) < 4.78 is 41.7. The molecule has 174 valence electrons. The Morgan fingerprint density at radius 1 is 1.00 bits per heavy atom. The van der Waals surface area contributed by atoms with Crippen LogP contribution in [0.5, 0.6) is 0 Å². The molecule has 9 nitrogen and oxygen atoms in total. The van der Waals surface area contributed by atoms with Crippen molar-refractivity contribution in [1.82, 2.24) is 30.4 Å². The molecule has 2 aromatic heterocycles. The molecule has 2 heterocycles. The summed E-state index contributed by atoms with van der Waals surface area (Å²) in [6, 6.07) is 6.22. The van der Waals surface area contributed by atoms with Crippen molar-refractivity contribution in [2.75, 3.05) is 0 Å². The van der Waals surface area contributed by atoms with Gasteiger partial charge in [-0.05, 0) is 52.0 Å². The van der Waals surface area contributed by atoms with Crippen molar-refractivity contribution in [3.05, 3.63) is 64.2 Å². The highest BCUT2D eigenvalue weighted by Crippen LogP contribution is 2.30. The lowest BCUT2D eigenvalue weighted by atomic mass is 10.1. The van der Waals surface area contributed by atoms with Crippen molar-refractivity contribution >= 4 is 17.6 Å². The van der Waals surface area contributed by atoms with Gasteiger partial charge in [0.1, 0.15) is 6.54 Å². The van der Waals surface area contributed by atoms with Crippen LogP contribution >= 0.6 is 0 Å². The largest absolute Gasteiger partial charge is 0.416 e. The molecule has 0 bridgehead atoms. The van der Waals surface area contributed by atoms with E-state index in [9.17, 15) is 27.6 Å². The van der Waals surface area contributed by atoms with Gasteiger partial charge in [-0.3, -0.25) is 29.9 Å². The lowest BCUT2D eigenvalue weighted by Gasteiger charge is -2.10. The Morgan fingerprint density at radius 2 is 1.70 bits per heavy atom. The van der Waals surface area contributed by atoms with Crippen molar-refractivity contribution in [3.63, 3.8) is 0 Å². The summed E-state index contributed by atoms with van der Waals surface area (Å²) in [7, 11) is 0. The summed E-state index contributed by atoms with van der Waals surface area (Å²) >= 11 is 0. The monoisotopic (exact) mass is 462 g/mol. The Bertz CT molecular complexity index is 1240. The molecule has 0 unspecified atom stereocenters. The Kier molecular flexibility index (Phi) is 6.38. The Labute approximate surface area is 186 Å². The molecular weight excluding hydrogens is 441 g/mol. The fourth-order valence-electron chi connectivity index (χ4n) is 3.34. The number of hydrogen-bond acceptors (Lipinski definition) is 5. The average Bonchev–Trinajstić information content (AvgIpc) is 3.21. The van der Waals surface area contributed by atoms with E-state index in [1.54, 1.807) is 19.9 Å². The van der Waals surface area contributed by atoms with E-state index < -0.39 is 29.3 Å². The van der Waals surface area contributed by atoms with Gasteiger partial charge >= 0.3 is 12.1 Å². The number of hydrogen-bond donors (Lipinski definition) is 2. The molecule has 0 radical (unpaired) electrons. The molecule has 1 aromatic carbocycles. The van der Waals surface area contributed by atoms with Crippen LogP contribution in [0.2, 0.25) is 0 Å². The zero-order valence-electron chi connectivity index (χ0n) is 18.2. The van der Waals surface area contributed by atoms with Gasteiger partial charge in [-0.25, -0.2) is 4.68 Å². The number of alkyl halides is 3. The molecule has 0 atom stereocenters. The second kappa shape index (κ2) is 8.88. The molecule has 2 amide bonds. The Morgan fingerprint density at radius 3 is 2.30 bits per heavy atom. The van der Waals surface area contributed by atoms with Gasteiger partial charge in [-0.15, -0.1) is 0 Å². The zero-order valence-corrected chi connectivity index (χ0v) is 18.2. The number of nitrogens with one attached hydrogen (secondary N) is 2. The van der Waals surface area contributed by atoms with Crippen molar-refractivity contribution in [1.29, 1.82) is 0 Å². The second-order valence-corrected chi connectivity index (χ2v) is 7.42. The minimum Gasteiger partial charge on any atom is -0.283 e. The summed E-state index contributed by atoms with van der Waals surface area (Å²) in [4.78, 5) is 37.1. The highest BCUT2D eigenvalue weighted by atomic mass is 19.4. The van der Waals surface area contributed by atoms with Crippen LogP contribution in [0.4, 0.5) is 13.2 Å². The van der Waals surface area contributed by atoms with Crippen molar-refractivity contribution in [3.8, 4) is 5.69 Å². The van der Waals surface area contributed by atoms with Crippen LogP contribution in [0.15, 0.2) is 30.3 Å². The maximum absolute atomic E-state index is 13.0. The van der Waals surface area contributed by atoms with Gasteiger partial charge in [-0.1, -0.05) is 6.07 Å². The van der Waals surface area contributed by atoms with E-state index in [0.29, 0.717) is 0 Å². The van der Waals surface area contributed by atoms with Crippen LogP contribution in [-0.2, 0) is 22.3 Å². The maximum Gasteiger partial charge on any atom is 0.416 e. The van der Waals surface area contributed by atoms with Crippen molar-refractivity contribution in [2.45, 2.75) is 40.4 Å². The van der Waals surface area contributed by atoms with Crippen LogP contribution in [0, 0.1) is 27.7 Å². The number of benzene rings is 1. The maximum atomic E-state index is 13.0. The molecule has 3 aromatic rings. The molecular formula is C21H21F3N6O3. The van der Waals surface area contributed by atoms with Crippen LogP contribution in [0.3, 0.4) is 0 Å². The van der Waals surface area contributed by atoms with Crippen LogP contribution in [0.1, 0.15) is 38.7 Å². The minimum absolute atomic E-state index is 0.0716. The van der Waals surface area contributed by atoms with Gasteiger partial charge < -0.3 is 0 Å². The lowest BCUT2D eigenvalue weighted by Crippen LogP contribution is -2.46. The molecule has 0 aliphatic rings. The Hall–Kier alpha value is -3.96. The molecule has 12 heteroatoms.